The number of thioether (sulfide) groups is 1. The van der Waals surface area contributed by atoms with Crippen LogP contribution in [0.5, 0.6) is 0 Å². The monoisotopic (exact) mass is 362 g/mol. The zero-order valence-electron chi connectivity index (χ0n) is 12.0. The van der Waals surface area contributed by atoms with Crippen molar-refractivity contribution in [1.82, 2.24) is 19.4 Å². The van der Waals surface area contributed by atoms with Crippen LogP contribution in [0.15, 0.2) is 39.6 Å². The van der Waals surface area contributed by atoms with Gasteiger partial charge in [-0.15, -0.1) is 11.3 Å². The number of hydrogen-bond acceptors (Lipinski definition) is 5. The highest BCUT2D eigenvalue weighted by atomic mass is 35.5. The summed E-state index contributed by atoms with van der Waals surface area (Å²) in [7, 11) is 0. The number of H-pyrrole nitrogens is 1. The third-order valence-corrected chi connectivity index (χ3v) is 5.49. The maximum absolute atomic E-state index is 12.2. The van der Waals surface area contributed by atoms with Crippen molar-refractivity contribution < 1.29 is 0 Å². The van der Waals surface area contributed by atoms with Crippen LogP contribution in [-0.2, 0) is 5.75 Å². The molecule has 0 atom stereocenters. The molecule has 4 aromatic rings. The topological polar surface area (TPSA) is 63.0 Å². The van der Waals surface area contributed by atoms with Crippen LogP contribution in [0.25, 0.3) is 16.0 Å². The summed E-state index contributed by atoms with van der Waals surface area (Å²) in [5, 5.41) is 3.39. The van der Waals surface area contributed by atoms with Crippen LogP contribution in [0.4, 0.5) is 0 Å². The Bertz CT molecular complexity index is 1080. The van der Waals surface area contributed by atoms with Gasteiger partial charge in [-0.25, -0.2) is 9.97 Å². The molecular formula is C15H11ClN4OS2. The van der Waals surface area contributed by atoms with Crippen LogP contribution in [0, 0.1) is 6.92 Å². The van der Waals surface area contributed by atoms with E-state index in [1.807, 2.05) is 30.5 Å². The van der Waals surface area contributed by atoms with E-state index in [0.717, 1.165) is 32.5 Å². The summed E-state index contributed by atoms with van der Waals surface area (Å²) >= 11 is 8.96. The van der Waals surface area contributed by atoms with Crippen molar-refractivity contribution in [2.24, 2.45) is 0 Å². The van der Waals surface area contributed by atoms with Crippen LogP contribution in [0.1, 0.15) is 11.4 Å². The Kier molecular flexibility index (Phi) is 3.63. The largest absolute Gasteiger partial charge is 0.333 e. The molecule has 23 heavy (non-hydrogen) atoms. The fourth-order valence-electron chi connectivity index (χ4n) is 2.34. The molecule has 3 heterocycles. The fraction of sp³-hybridized carbons (Fsp3) is 0.133. The van der Waals surface area contributed by atoms with Gasteiger partial charge in [0.2, 0.25) is 0 Å². The van der Waals surface area contributed by atoms with Gasteiger partial charge in [-0.05, 0) is 25.1 Å². The number of nitrogens with zero attached hydrogens (tertiary/aromatic N) is 3. The van der Waals surface area contributed by atoms with E-state index in [9.17, 15) is 4.79 Å². The van der Waals surface area contributed by atoms with Gasteiger partial charge in [-0.3, -0.25) is 9.20 Å². The van der Waals surface area contributed by atoms with E-state index < -0.39 is 0 Å². The summed E-state index contributed by atoms with van der Waals surface area (Å²) < 4.78 is 1.63. The summed E-state index contributed by atoms with van der Waals surface area (Å²) in [6, 6.07) is 7.12. The fourth-order valence-corrected chi connectivity index (χ4v) is 4.18. The number of thiazole rings is 1. The number of halogens is 1. The Morgan fingerprint density at radius 3 is 3.09 bits per heavy atom. The molecule has 116 valence electrons. The first-order valence-corrected chi connectivity index (χ1v) is 9.09. The van der Waals surface area contributed by atoms with Gasteiger partial charge >= 0.3 is 0 Å². The normalized spacial score (nSPS) is 11.6. The average Bonchev–Trinajstić information content (AvgIpc) is 3.08. The van der Waals surface area contributed by atoms with Crippen molar-refractivity contribution in [1.29, 1.82) is 0 Å². The molecule has 1 N–H and O–H groups in total. The molecule has 0 amide bonds. The van der Waals surface area contributed by atoms with Crippen LogP contribution in [-0.4, -0.2) is 19.4 Å². The van der Waals surface area contributed by atoms with Gasteiger partial charge in [0, 0.05) is 27.9 Å². The molecule has 0 spiro atoms. The summed E-state index contributed by atoms with van der Waals surface area (Å²) in [4.78, 5) is 25.1. The molecule has 0 aliphatic rings. The Labute approximate surface area is 144 Å². The smallest absolute Gasteiger partial charge is 0.258 e. The van der Waals surface area contributed by atoms with Crippen molar-refractivity contribution in [2.45, 2.75) is 17.8 Å². The number of aromatic nitrogens is 4. The van der Waals surface area contributed by atoms with Crippen LogP contribution < -0.4 is 5.56 Å². The molecule has 1 aromatic carbocycles. The lowest BCUT2D eigenvalue weighted by atomic mass is 10.3. The maximum Gasteiger partial charge on any atom is 0.258 e. The number of imidazole rings is 1. The molecule has 0 saturated carbocycles. The van der Waals surface area contributed by atoms with E-state index in [4.69, 9.17) is 11.6 Å². The van der Waals surface area contributed by atoms with Crippen molar-refractivity contribution >= 4 is 50.7 Å². The number of nitrogens with one attached hydrogen (secondary N) is 1. The lowest BCUT2D eigenvalue weighted by Crippen LogP contribution is -2.14. The lowest BCUT2D eigenvalue weighted by molar-refractivity contribution is 0.994. The van der Waals surface area contributed by atoms with Gasteiger partial charge < -0.3 is 4.98 Å². The van der Waals surface area contributed by atoms with E-state index in [-0.39, 0.29) is 5.56 Å². The number of benzene rings is 1. The first-order chi connectivity index (χ1) is 11.1. The highest BCUT2D eigenvalue weighted by molar-refractivity contribution is 7.98. The second-order valence-corrected chi connectivity index (χ2v) is 7.31. The molecule has 0 bridgehead atoms. The van der Waals surface area contributed by atoms with Gasteiger partial charge in [0.1, 0.15) is 0 Å². The van der Waals surface area contributed by atoms with E-state index >= 15 is 0 Å². The summed E-state index contributed by atoms with van der Waals surface area (Å²) in [5.74, 6) is 0.580. The van der Waals surface area contributed by atoms with Crippen LogP contribution >= 0.6 is 34.7 Å². The highest BCUT2D eigenvalue weighted by Crippen LogP contribution is 2.24. The summed E-state index contributed by atoms with van der Waals surface area (Å²) in [6.45, 7) is 1.90. The van der Waals surface area contributed by atoms with E-state index in [0.29, 0.717) is 10.8 Å². The third-order valence-electron chi connectivity index (χ3n) is 3.41. The molecule has 0 saturated heterocycles. The van der Waals surface area contributed by atoms with Gasteiger partial charge in [0.25, 0.3) is 5.56 Å². The van der Waals surface area contributed by atoms with Gasteiger partial charge in [-0.1, -0.05) is 23.4 Å². The summed E-state index contributed by atoms with van der Waals surface area (Å²) in [5.41, 5.74) is 3.39. The van der Waals surface area contributed by atoms with Crippen molar-refractivity contribution in [3.8, 4) is 0 Å². The molecule has 0 aliphatic heterocycles. The van der Waals surface area contributed by atoms with Crippen molar-refractivity contribution in [2.75, 3.05) is 0 Å². The van der Waals surface area contributed by atoms with Crippen LogP contribution in [0.2, 0.25) is 5.02 Å². The number of hydrogen-bond donors (Lipinski definition) is 1. The van der Waals surface area contributed by atoms with Crippen molar-refractivity contribution in [3.05, 3.63) is 56.4 Å². The predicted molar refractivity (Wildman–Crippen MR) is 94.7 cm³/mol. The molecular weight excluding hydrogens is 352 g/mol. The first kappa shape index (κ1) is 14.7. The van der Waals surface area contributed by atoms with E-state index in [2.05, 4.69) is 15.0 Å². The number of aromatic amines is 1. The minimum absolute atomic E-state index is 0.0410. The molecule has 0 radical (unpaired) electrons. The van der Waals surface area contributed by atoms with Crippen molar-refractivity contribution in [3.63, 3.8) is 0 Å². The van der Waals surface area contributed by atoms with E-state index in [1.165, 1.54) is 23.1 Å². The second-order valence-electron chi connectivity index (χ2n) is 5.07. The standard InChI is InChI=1S/C15H11ClN4OS2/c1-8-6-23-15-17-10(5-13(21)20(8)15)7-22-14-18-11-3-2-9(16)4-12(11)19-14/h2-6H,7H2,1H3,(H,18,19). The lowest BCUT2D eigenvalue weighted by Gasteiger charge is -2.00. The summed E-state index contributed by atoms with van der Waals surface area (Å²) in [6.07, 6.45) is 0. The molecule has 4 rings (SSSR count). The Balaban J connectivity index is 1.61. The molecule has 5 nitrogen and oxygen atoms in total. The number of rotatable bonds is 3. The predicted octanol–water partition coefficient (Wildman–Crippen LogP) is 3.89. The van der Waals surface area contributed by atoms with Gasteiger partial charge in [0.05, 0.1) is 16.7 Å². The Hall–Kier alpha value is -1.83. The Morgan fingerprint density at radius 1 is 1.35 bits per heavy atom. The number of fused-ring (bicyclic) bond motifs is 2. The minimum atomic E-state index is -0.0410. The molecule has 0 fully saturated rings. The maximum atomic E-state index is 12.2. The van der Waals surface area contributed by atoms with Crippen LogP contribution in [0.3, 0.4) is 0 Å². The highest BCUT2D eigenvalue weighted by Gasteiger charge is 2.09. The molecule has 0 unspecified atom stereocenters. The van der Waals surface area contributed by atoms with Gasteiger partial charge in [-0.2, -0.15) is 0 Å². The molecule has 0 aliphatic carbocycles. The first-order valence-electron chi connectivity index (χ1n) is 6.85. The quantitative estimate of drug-likeness (QED) is 0.562. The Morgan fingerprint density at radius 2 is 2.22 bits per heavy atom. The average molecular weight is 363 g/mol. The molecule has 8 heteroatoms. The minimum Gasteiger partial charge on any atom is -0.333 e. The SMILES string of the molecule is Cc1csc2nc(CSc3nc4ccc(Cl)cc4[nH]3)cc(=O)n12. The molecule has 3 aromatic heterocycles. The zero-order chi connectivity index (χ0) is 16.0. The number of aryl methyl sites for hydroxylation is 1. The second kappa shape index (κ2) is 5.67. The van der Waals surface area contributed by atoms with E-state index in [1.54, 1.807) is 10.5 Å². The van der Waals surface area contributed by atoms with Gasteiger partial charge in [0.15, 0.2) is 10.1 Å². The zero-order valence-corrected chi connectivity index (χ0v) is 14.4. The third kappa shape index (κ3) is 2.75.